The average molecular weight is 311 g/mol. The van der Waals surface area contributed by atoms with Crippen molar-refractivity contribution >= 4 is 0 Å². The highest BCUT2D eigenvalue weighted by molar-refractivity contribution is 5.16. The number of hydrogen-bond donors (Lipinski definition) is 0. The molecule has 0 saturated carbocycles. The van der Waals surface area contributed by atoms with Crippen molar-refractivity contribution in [2.75, 3.05) is 26.3 Å². The zero-order valence-corrected chi connectivity index (χ0v) is 13.1. The number of aromatic nitrogens is 2. The lowest BCUT2D eigenvalue weighted by Gasteiger charge is -2.50. The van der Waals surface area contributed by atoms with Gasteiger partial charge in [-0.1, -0.05) is 6.07 Å². The molecule has 0 aliphatic carbocycles. The summed E-state index contributed by atoms with van der Waals surface area (Å²) in [5, 5.41) is 0. The maximum absolute atomic E-state index is 6.09. The zero-order chi connectivity index (χ0) is 15.5. The molecule has 1 spiro atoms. The van der Waals surface area contributed by atoms with E-state index >= 15 is 0 Å². The summed E-state index contributed by atoms with van der Waals surface area (Å²) in [5.74, 6) is 1.28. The van der Waals surface area contributed by atoms with Crippen LogP contribution in [0.25, 0.3) is 0 Å². The van der Waals surface area contributed by atoms with Gasteiger partial charge in [0.2, 0.25) is 0 Å². The highest BCUT2D eigenvalue weighted by Gasteiger charge is 2.53. The van der Waals surface area contributed by atoms with Gasteiger partial charge in [-0.15, -0.1) is 0 Å². The monoisotopic (exact) mass is 311 g/mol. The molecule has 120 valence electrons. The van der Waals surface area contributed by atoms with E-state index in [1.54, 1.807) is 12.4 Å². The van der Waals surface area contributed by atoms with E-state index < -0.39 is 0 Å². The first-order chi connectivity index (χ1) is 11.3. The Balaban J connectivity index is 1.32. The van der Waals surface area contributed by atoms with Gasteiger partial charge in [-0.25, -0.2) is 0 Å². The fourth-order valence-electron chi connectivity index (χ4n) is 3.54. The van der Waals surface area contributed by atoms with E-state index in [-0.39, 0.29) is 5.60 Å². The molecule has 5 nitrogen and oxygen atoms in total. The maximum atomic E-state index is 6.09. The lowest BCUT2D eigenvalue weighted by Crippen LogP contribution is -2.64. The van der Waals surface area contributed by atoms with Gasteiger partial charge >= 0.3 is 0 Å². The van der Waals surface area contributed by atoms with Crippen molar-refractivity contribution in [3.8, 4) is 5.75 Å². The van der Waals surface area contributed by atoms with Crippen LogP contribution in [0.5, 0.6) is 5.75 Å². The number of nitrogens with zero attached hydrogens (tertiary/aromatic N) is 3. The maximum Gasteiger partial charge on any atom is 0.137 e. The van der Waals surface area contributed by atoms with Crippen LogP contribution in [0.4, 0.5) is 0 Å². The Morgan fingerprint density at radius 2 is 2.17 bits per heavy atom. The Bertz CT molecular complexity index is 629. The predicted octanol–water partition coefficient (Wildman–Crippen LogP) is 2.15. The second-order valence-corrected chi connectivity index (χ2v) is 6.36. The Labute approximate surface area is 136 Å². The molecule has 0 bridgehead atoms. The minimum Gasteiger partial charge on any atom is -0.492 e. The number of likely N-dealkylation sites (tertiary alicyclic amines) is 1. The smallest absolute Gasteiger partial charge is 0.137 e. The topological polar surface area (TPSA) is 47.5 Å². The average Bonchev–Trinajstić information content (AvgIpc) is 2.98. The van der Waals surface area contributed by atoms with E-state index in [0.717, 1.165) is 44.1 Å². The standard InChI is InChI=1S/C18H21N3O2/c1-2-8-20-16(4-1)11-21-13-18(14-21)15(6-9-23-18)12-22-17-5-3-7-19-10-17/h1-5,7-8,10,15H,6,9,11-14H2. The van der Waals surface area contributed by atoms with Gasteiger partial charge < -0.3 is 9.47 Å². The van der Waals surface area contributed by atoms with E-state index in [1.165, 1.54) is 0 Å². The van der Waals surface area contributed by atoms with Gasteiger partial charge in [-0.3, -0.25) is 14.9 Å². The third-order valence-corrected chi connectivity index (χ3v) is 4.78. The molecule has 2 fully saturated rings. The zero-order valence-electron chi connectivity index (χ0n) is 13.1. The molecule has 2 saturated heterocycles. The molecule has 5 heteroatoms. The normalized spacial score (nSPS) is 22.9. The van der Waals surface area contributed by atoms with Gasteiger partial charge in [-0.05, 0) is 30.7 Å². The minimum absolute atomic E-state index is 0.0308. The number of hydrogen-bond acceptors (Lipinski definition) is 5. The van der Waals surface area contributed by atoms with Crippen molar-refractivity contribution in [2.24, 2.45) is 5.92 Å². The van der Waals surface area contributed by atoms with Crippen molar-refractivity contribution in [3.63, 3.8) is 0 Å². The minimum atomic E-state index is -0.0308. The lowest BCUT2D eigenvalue weighted by atomic mass is 9.81. The fourth-order valence-corrected chi connectivity index (χ4v) is 3.54. The summed E-state index contributed by atoms with van der Waals surface area (Å²) in [4.78, 5) is 10.9. The van der Waals surface area contributed by atoms with Gasteiger partial charge in [0.15, 0.2) is 0 Å². The highest BCUT2D eigenvalue weighted by Crippen LogP contribution is 2.40. The molecular formula is C18H21N3O2. The number of ether oxygens (including phenoxy) is 2. The Morgan fingerprint density at radius 3 is 2.96 bits per heavy atom. The molecule has 2 aliphatic rings. The molecule has 4 rings (SSSR count). The van der Waals surface area contributed by atoms with Crippen molar-refractivity contribution in [1.82, 2.24) is 14.9 Å². The van der Waals surface area contributed by atoms with Gasteiger partial charge in [0.05, 0.1) is 24.1 Å². The van der Waals surface area contributed by atoms with E-state index in [4.69, 9.17) is 9.47 Å². The summed E-state index contributed by atoms with van der Waals surface area (Å²) < 4.78 is 12.0. The number of rotatable bonds is 5. The predicted molar refractivity (Wildman–Crippen MR) is 86.0 cm³/mol. The molecule has 2 aliphatic heterocycles. The molecule has 2 aromatic rings. The first-order valence-corrected chi connectivity index (χ1v) is 8.13. The van der Waals surface area contributed by atoms with E-state index in [2.05, 4.69) is 20.9 Å². The largest absolute Gasteiger partial charge is 0.492 e. The first kappa shape index (κ1) is 14.6. The van der Waals surface area contributed by atoms with Crippen LogP contribution in [0.3, 0.4) is 0 Å². The second-order valence-electron chi connectivity index (χ2n) is 6.36. The third kappa shape index (κ3) is 3.07. The fraction of sp³-hybridized carbons (Fsp3) is 0.444. The van der Waals surface area contributed by atoms with Crippen LogP contribution in [0.1, 0.15) is 12.1 Å². The van der Waals surface area contributed by atoms with Gasteiger partial charge in [-0.2, -0.15) is 0 Å². The van der Waals surface area contributed by atoms with Gasteiger partial charge in [0.25, 0.3) is 0 Å². The molecule has 1 unspecified atom stereocenters. The molecule has 0 aromatic carbocycles. The Morgan fingerprint density at radius 1 is 1.22 bits per heavy atom. The van der Waals surface area contributed by atoms with Crippen LogP contribution in [0, 0.1) is 5.92 Å². The first-order valence-electron chi connectivity index (χ1n) is 8.13. The van der Waals surface area contributed by atoms with Crippen LogP contribution in [-0.2, 0) is 11.3 Å². The van der Waals surface area contributed by atoms with Crippen LogP contribution in [0.2, 0.25) is 0 Å². The molecule has 0 N–H and O–H groups in total. The molecule has 2 aromatic heterocycles. The quantitative estimate of drug-likeness (QED) is 0.847. The van der Waals surface area contributed by atoms with Crippen LogP contribution < -0.4 is 4.74 Å². The van der Waals surface area contributed by atoms with Crippen molar-refractivity contribution < 1.29 is 9.47 Å². The van der Waals surface area contributed by atoms with E-state index in [1.807, 2.05) is 30.5 Å². The van der Waals surface area contributed by atoms with Crippen molar-refractivity contribution in [1.29, 1.82) is 0 Å². The van der Waals surface area contributed by atoms with Crippen LogP contribution in [-0.4, -0.2) is 46.8 Å². The summed E-state index contributed by atoms with van der Waals surface area (Å²) in [6.45, 7) is 4.35. The summed E-state index contributed by atoms with van der Waals surface area (Å²) in [7, 11) is 0. The Kier molecular flexibility index (Phi) is 3.97. The highest BCUT2D eigenvalue weighted by atomic mass is 16.5. The molecular weight excluding hydrogens is 290 g/mol. The second kappa shape index (κ2) is 6.26. The SMILES string of the molecule is c1ccc(CN2CC3(C2)OCCC3COc2cccnc2)nc1. The third-order valence-electron chi connectivity index (χ3n) is 4.78. The van der Waals surface area contributed by atoms with Crippen molar-refractivity contribution in [2.45, 2.75) is 18.6 Å². The summed E-state index contributed by atoms with van der Waals surface area (Å²) in [5.41, 5.74) is 1.08. The van der Waals surface area contributed by atoms with E-state index in [0.29, 0.717) is 12.5 Å². The van der Waals surface area contributed by atoms with Crippen LogP contribution >= 0.6 is 0 Å². The summed E-state index contributed by atoms with van der Waals surface area (Å²) in [6.07, 6.45) is 6.43. The summed E-state index contributed by atoms with van der Waals surface area (Å²) >= 11 is 0. The molecule has 0 radical (unpaired) electrons. The van der Waals surface area contributed by atoms with Crippen molar-refractivity contribution in [3.05, 3.63) is 54.6 Å². The molecule has 23 heavy (non-hydrogen) atoms. The molecule has 0 amide bonds. The van der Waals surface area contributed by atoms with E-state index in [9.17, 15) is 0 Å². The molecule has 4 heterocycles. The number of pyridine rings is 2. The van der Waals surface area contributed by atoms with Crippen LogP contribution in [0.15, 0.2) is 48.9 Å². The Hall–Kier alpha value is -1.98. The molecule has 1 atom stereocenters. The van der Waals surface area contributed by atoms with Gasteiger partial charge in [0, 0.05) is 44.6 Å². The van der Waals surface area contributed by atoms with Gasteiger partial charge in [0.1, 0.15) is 5.75 Å². The summed E-state index contributed by atoms with van der Waals surface area (Å²) in [6, 6.07) is 9.91. The lowest BCUT2D eigenvalue weighted by molar-refractivity contribution is -0.141.